The fourth-order valence-corrected chi connectivity index (χ4v) is 3.66. The molecule has 0 atom stereocenters. The third-order valence-electron chi connectivity index (χ3n) is 5.06. The highest BCUT2D eigenvalue weighted by atomic mass is 35.5. The Morgan fingerprint density at radius 2 is 1.81 bits per heavy atom. The molecule has 0 bridgehead atoms. The fraction of sp³-hybridized carbons (Fsp3) is 0.524. The first kappa shape index (κ1) is 19.9. The fourth-order valence-electron chi connectivity index (χ4n) is 3.49. The Labute approximate surface area is 165 Å². The predicted octanol–water partition coefficient (Wildman–Crippen LogP) is 4.82. The van der Waals surface area contributed by atoms with Crippen molar-refractivity contribution in [1.82, 2.24) is 19.4 Å². The molecule has 1 aromatic carbocycles. The second kappa shape index (κ2) is 9.38. The number of halogens is 1. The number of unbranched alkanes of at least 4 members (excludes halogenated alkanes) is 2. The molecule has 27 heavy (non-hydrogen) atoms. The minimum Gasteiger partial charge on any atom is -0.349 e. The third-order valence-corrected chi connectivity index (χ3v) is 5.30. The predicted molar refractivity (Wildman–Crippen MR) is 114 cm³/mol. The molecular formula is C21H29ClN4O. The van der Waals surface area contributed by atoms with Crippen molar-refractivity contribution in [2.75, 3.05) is 19.6 Å². The number of aromatic amines is 1. The standard InChI is InChI=1S/C21H29ClN4O/c1-3-5-10-25(11-6-4-2)12-7-13-26-15-23-19-17-14-16(22)8-9-18(17)24-20(19)21(26)27/h8-9,14-15,24H,3-7,10-13H2,1-2H3. The molecule has 5 nitrogen and oxygen atoms in total. The average Bonchev–Trinajstić information content (AvgIpc) is 3.04. The molecule has 0 spiro atoms. The molecule has 2 aromatic heterocycles. The Hall–Kier alpha value is -1.85. The van der Waals surface area contributed by atoms with E-state index in [0.29, 0.717) is 22.6 Å². The van der Waals surface area contributed by atoms with E-state index in [2.05, 4.69) is 28.7 Å². The van der Waals surface area contributed by atoms with Crippen molar-refractivity contribution in [1.29, 1.82) is 0 Å². The molecule has 3 aromatic rings. The number of nitrogens with zero attached hydrogens (tertiary/aromatic N) is 3. The highest BCUT2D eigenvalue weighted by molar-refractivity contribution is 6.31. The van der Waals surface area contributed by atoms with E-state index in [1.165, 1.54) is 25.7 Å². The molecule has 0 saturated heterocycles. The molecule has 6 heteroatoms. The largest absolute Gasteiger partial charge is 0.349 e. The normalized spacial score (nSPS) is 11.9. The lowest BCUT2D eigenvalue weighted by atomic mass is 10.2. The number of hydrogen-bond acceptors (Lipinski definition) is 3. The average molecular weight is 389 g/mol. The maximum atomic E-state index is 12.8. The van der Waals surface area contributed by atoms with Gasteiger partial charge in [0.25, 0.3) is 5.56 Å². The first-order valence-corrected chi connectivity index (χ1v) is 10.4. The highest BCUT2D eigenvalue weighted by Crippen LogP contribution is 2.24. The van der Waals surface area contributed by atoms with Gasteiger partial charge in [-0.2, -0.15) is 0 Å². The number of fused-ring (bicyclic) bond motifs is 3. The number of benzene rings is 1. The number of aryl methyl sites for hydroxylation is 1. The second-order valence-electron chi connectivity index (χ2n) is 7.18. The molecule has 2 heterocycles. The lowest BCUT2D eigenvalue weighted by molar-refractivity contribution is 0.257. The Morgan fingerprint density at radius 3 is 2.52 bits per heavy atom. The van der Waals surface area contributed by atoms with Crippen molar-refractivity contribution in [2.24, 2.45) is 0 Å². The van der Waals surface area contributed by atoms with Crippen LogP contribution >= 0.6 is 11.6 Å². The van der Waals surface area contributed by atoms with Crippen LogP contribution < -0.4 is 5.56 Å². The zero-order valence-electron chi connectivity index (χ0n) is 16.3. The molecule has 146 valence electrons. The van der Waals surface area contributed by atoms with Crippen LogP contribution in [-0.4, -0.2) is 39.1 Å². The molecule has 0 aliphatic rings. The maximum absolute atomic E-state index is 12.8. The Morgan fingerprint density at radius 1 is 1.11 bits per heavy atom. The number of rotatable bonds is 10. The van der Waals surface area contributed by atoms with E-state index in [4.69, 9.17) is 11.6 Å². The summed E-state index contributed by atoms with van der Waals surface area (Å²) in [6, 6.07) is 5.56. The van der Waals surface area contributed by atoms with Crippen LogP contribution in [0, 0.1) is 0 Å². The molecule has 0 aliphatic carbocycles. The van der Waals surface area contributed by atoms with Crippen LogP contribution in [0.3, 0.4) is 0 Å². The Balaban J connectivity index is 1.72. The van der Waals surface area contributed by atoms with E-state index in [1.54, 1.807) is 10.9 Å². The molecule has 0 radical (unpaired) electrons. The lowest BCUT2D eigenvalue weighted by Crippen LogP contribution is -2.29. The van der Waals surface area contributed by atoms with Crippen molar-refractivity contribution in [3.05, 3.63) is 39.9 Å². The third kappa shape index (κ3) is 4.71. The molecule has 0 unspecified atom stereocenters. The van der Waals surface area contributed by atoms with Gasteiger partial charge in [-0.1, -0.05) is 38.3 Å². The van der Waals surface area contributed by atoms with Crippen molar-refractivity contribution in [3.63, 3.8) is 0 Å². The van der Waals surface area contributed by atoms with Gasteiger partial charge < -0.3 is 9.88 Å². The first-order valence-electron chi connectivity index (χ1n) is 10.0. The summed E-state index contributed by atoms with van der Waals surface area (Å²) in [7, 11) is 0. The molecule has 0 fully saturated rings. The van der Waals surface area contributed by atoms with Crippen LogP contribution in [0.2, 0.25) is 5.02 Å². The number of aromatic nitrogens is 3. The summed E-state index contributed by atoms with van der Waals surface area (Å²) in [5, 5.41) is 1.54. The summed E-state index contributed by atoms with van der Waals surface area (Å²) >= 11 is 6.09. The van der Waals surface area contributed by atoms with Crippen LogP contribution in [0.1, 0.15) is 46.0 Å². The number of hydrogen-bond donors (Lipinski definition) is 1. The van der Waals surface area contributed by atoms with Gasteiger partial charge in [-0.3, -0.25) is 9.36 Å². The van der Waals surface area contributed by atoms with Crippen molar-refractivity contribution in [2.45, 2.75) is 52.5 Å². The molecular weight excluding hydrogens is 360 g/mol. The monoisotopic (exact) mass is 388 g/mol. The maximum Gasteiger partial charge on any atom is 0.277 e. The molecule has 1 N–H and O–H groups in total. The van der Waals surface area contributed by atoms with Crippen LogP contribution in [0.15, 0.2) is 29.3 Å². The quantitative estimate of drug-likeness (QED) is 0.541. The van der Waals surface area contributed by atoms with Gasteiger partial charge in [0.05, 0.1) is 6.33 Å². The molecule has 0 saturated carbocycles. The van der Waals surface area contributed by atoms with Gasteiger partial charge in [0.2, 0.25) is 0 Å². The lowest BCUT2D eigenvalue weighted by Gasteiger charge is -2.22. The Kier molecular flexibility index (Phi) is 6.91. The summed E-state index contributed by atoms with van der Waals surface area (Å²) in [6.45, 7) is 8.45. The van der Waals surface area contributed by atoms with Gasteiger partial charge in [0.15, 0.2) is 0 Å². The van der Waals surface area contributed by atoms with E-state index < -0.39 is 0 Å². The van der Waals surface area contributed by atoms with Gasteiger partial charge in [-0.05, 0) is 57.1 Å². The minimum absolute atomic E-state index is 0.0130. The van der Waals surface area contributed by atoms with Crippen molar-refractivity contribution < 1.29 is 0 Å². The highest BCUT2D eigenvalue weighted by Gasteiger charge is 2.11. The van der Waals surface area contributed by atoms with Gasteiger partial charge in [0, 0.05) is 22.5 Å². The van der Waals surface area contributed by atoms with Gasteiger partial charge >= 0.3 is 0 Å². The van der Waals surface area contributed by atoms with E-state index in [0.717, 1.165) is 37.0 Å². The molecule has 3 rings (SSSR count). The Bertz CT molecular complexity index is 938. The van der Waals surface area contributed by atoms with Gasteiger partial charge in [-0.25, -0.2) is 4.98 Å². The van der Waals surface area contributed by atoms with E-state index >= 15 is 0 Å². The SMILES string of the molecule is CCCCN(CCCC)CCCn1cnc2c([nH]c3ccc(Cl)cc32)c1=O. The van der Waals surface area contributed by atoms with Gasteiger partial charge in [0.1, 0.15) is 11.0 Å². The summed E-state index contributed by atoms with van der Waals surface area (Å²) in [4.78, 5) is 23.1. The van der Waals surface area contributed by atoms with Crippen LogP contribution in [0.25, 0.3) is 21.9 Å². The second-order valence-corrected chi connectivity index (χ2v) is 7.62. The van der Waals surface area contributed by atoms with Crippen molar-refractivity contribution >= 4 is 33.5 Å². The number of H-pyrrole nitrogens is 1. The number of nitrogens with one attached hydrogen (secondary N) is 1. The zero-order valence-corrected chi connectivity index (χ0v) is 17.1. The molecule has 0 aliphatic heterocycles. The van der Waals surface area contributed by atoms with E-state index in [-0.39, 0.29) is 5.56 Å². The van der Waals surface area contributed by atoms with E-state index in [9.17, 15) is 4.79 Å². The first-order chi connectivity index (χ1) is 13.1. The smallest absolute Gasteiger partial charge is 0.277 e. The summed E-state index contributed by atoms with van der Waals surface area (Å²) in [6.07, 6.45) is 7.51. The topological polar surface area (TPSA) is 53.9 Å². The van der Waals surface area contributed by atoms with E-state index in [1.807, 2.05) is 18.2 Å². The van der Waals surface area contributed by atoms with Gasteiger partial charge in [-0.15, -0.1) is 0 Å². The zero-order chi connectivity index (χ0) is 19.2. The van der Waals surface area contributed by atoms with Crippen LogP contribution in [0.4, 0.5) is 0 Å². The van der Waals surface area contributed by atoms with Crippen LogP contribution in [-0.2, 0) is 6.54 Å². The minimum atomic E-state index is -0.0130. The van der Waals surface area contributed by atoms with Crippen LogP contribution in [0.5, 0.6) is 0 Å². The molecule has 0 amide bonds. The van der Waals surface area contributed by atoms with Crippen molar-refractivity contribution in [3.8, 4) is 0 Å². The summed E-state index contributed by atoms with van der Waals surface area (Å²) in [5.74, 6) is 0. The summed E-state index contributed by atoms with van der Waals surface area (Å²) < 4.78 is 1.72. The summed E-state index contributed by atoms with van der Waals surface area (Å²) in [5.41, 5.74) is 2.13.